The first-order valence-corrected chi connectivity index (χ1v) is 7.09. The molecule has 0 bridgehead atoms. The highest BCUT2D eigenvalue weighted by molar-refractivity contribution is 7.99. The molecule has 2 aromatic rings. The smallest absolute Gasteiger partial charge is 0.310 e. The van der Waals surface area contributed by atoms with Gasteiger partial charge in [0.2, 0.25) is 0 Å². The molecule has 0 unspecified atom stereocenters. The molecular weight excluding hydrogens is 294 g/mol. The monoisotopic (exact) mass is 309 g/mol. The van der Waals surface area contributed by atoms with E-state index in [1.54, 1.807) is 36.9 Å². The van der Waals surface area contributed by atoms with E-state index in [1.807, 2.05) is 0 Å². The van der Waals surface area contributed by atoms with Crippen LogP contribution < -0.4 is 4.74 Å². The Hall–Kier alpha value is -2.06. The van der Waals surface area contributed by atoms with Crippen molar-refractivity contribution in [3.05, 3.63) is 40.2 Å². The number of rotatable bonds is 6. The lowest BCUT2D eigenvalue weighted by Gasteiger charge is -2.07. The summed E-state index contributed by atoms with van der Waals surface area (Å²) in [6.07, 6.45) is 1.59. The Balaban J connectivity index is 2.29. The maximum Gasteiger partial charge on any atom is 0.310 e. The first-order chi connectivity index (χ1) is 10.1. The van der Waals surface area contributed by atoms with Crippen LogP contribution >= 0.6 is 11.8 Å². The molecule has 8 heteroatoms. The number of ether oxygens (including phenoxy) is 1. The van der Waals surface area contributed by atoms with Crippen LogP contribution in [0.25, 0.3) is 0 Å². The molecule has 0 fully saturated rings. The molecule has 1 N–H and O–H groups in total. The molecule has 21 heavy (non-hydrogen) atoms. The van der Waals surface area contributed by atoms with Crippen molar-refractivity contribution in [2.24, 2.45) is 7.05 Å². The van der Waals surface area contributed by atoms with Crippen LogP contribution in [0, 0.1) is 10.1 Å². The first-order valence-electron chi connectivity index (χ1n) is 6.27. The van der Waals surface area contributed by atoms with Gasteiger partial charge in [-0.2, -0.15) is 0 Å². The van der Waals surface area contributed by atoms with E-state index in [9.17, 15) is 10.1 Å². The zero-order valence-corrected chi connectivity index (χ0v) is 12.5. The normalized spacial score (nSPS) is 10.6. The Morgan fingerprint density at radius 2 is 2.29 bits per heavy atom. The number of hydrogen-bond acceptors (Lipinski definition) is 6. The molecule has 1 aromatic heterocycles. The third-order valence-corrected chi connectivity index (χ3v) is 3.89. The quantitative estimate of drug-likeness (QED) is 0.651. The van der Waals surface area contributed by atoms with Gasteiger partial charge in [-0.05, 0) is 13.0 Å². The SMILES string of the molecule is CCOc1cc(Sc2ncc(CO)n2C)ccc1[N+](=O)[O-]. The molecule has 0 spiro atoms. The summed E-state index contributed by atoms with van der Waals surface area (Å²) in [6, 6.07) is 4.70. The molecule has 0 radical (unpaired) electrons. The van der Waals surface area contributed by atoms with Crippen LogP contribution in [0.5, 0.6) is 5.75 Å². The fourth-order valence-corrected chi connectivity index (χ4v) is 2.63. The number of imidazole rings is 1. The third kappa shape index (κ3) is 3.34. The van der Waals surface area contributed by atoms with Gasteiger partial charge in [0, 0.05) is 24.1 Å². The molecule has 1 heterocycles. The number of nitrogens with zero attached hydrogens (tertiary/aromatic N) is 3. The van der Waals surface area contributed by atoms with E-state index in [4.69, 9.17) is 9.84 Å². The molecule has 0 amide bonds. The molecule has 7 nitrogen and oxygen atoms in total. The van der Waals surface area contributed by atoms with Crippen molar-refractivity contribution in [2.75, 3.05) is 6.61 Å². The van der Waals surface area contributed by atoms with Crippen molar-refractivity contribution >= 4 is 17.4 Å². The van der Waals surface area contributed by atoms with E-state index in [2.05, 4.69) is 4.98 Å². The molecule has 1 aromatic carbocycles. The molecule has 0 aliphatic heterocycles. The summed E-state index contributed by atoms with van der Waals surface area (Å²) in [5, 5.41) is 20.8. The highest BCUT2D eigenvalue weighted by Gasteiger charge is 2.16. The van der Waals surface area contributed by atoms with Crippen LogP contribution in [0.3, 0.4) is 0 Å². The molecular formula is C13H15N3O4S. The zero-order chi connectivity index (χ0) is 15.4. The molecule has 0 aliphatic rings. The Morgan fingerprint density at radius 3 is 2.86 bits per heavy atom. The van der Waals surface area contributed by atoms with Crippen LogP contribution in [0.4, 0.5) is 5.69 Å². The Kier molecular flexibility index (Phi) is 4.81. The van der Waals surface area contributed by atoms with Gasteiger partial charge in [-0.3, -0.25) is 10.1 Å². The third-order valence-electron chi connectivity index (χ3n) is 2.84. The Bertz CT molecular complexity index is 657. The lowest BCUT2D eigenvalue weighted by atomic mass is 10.3. The van der Waals surface area contributed by atoms with E-state index in [1.165, 1.54) is 17.8 Å². The van der Waals surface area contributed by atoms with Gasteiger partial charge in [0.05, 0.1) is 30.0 Å². The summed E-state index contributed by atoms with van der Waals surface area (Å²) in [7, 11) is 1.80. The van der Waals surface area contributed by atoms with Gasteiger partial charge in [0.1, 0.15) is 0 Å². The van der Waals surface area contributed by atoms with E-state index in [0.29, 0.717) is 17.5 Å². The number of aliphatic hydroxyl groups excluding tert-OH is 1. The second kappa shape index (κ2) is 6.59. The summed E-state index contributed by atoms with van der Waals surface area (Å²) in [6.45, 7) is 2.04. The fourth-order valence-electron chi connectivity index (χ4n) is 1.75. The highest BCUT2D eigenvalue weighted by atomic mass is 32.2. The number of hydrogen-bond donors (Lipinski definition) is 1. The van der Waals surface area contributed by atoms with Crippen molar-refractivity contribution in [1.29, 1.82) is 0 Å². The maximum atomic E-state index is 10.9. The molecule has 0 atom stereocenters. The molecule has 0 saturated heterocycles. The lowest BCUT2D eigenvalue weighted by molar-refractivity contribution is -0.385. The van der Waals surface area contributed by atoms with E-state index in [-0.39, 0.29) is 18.0 Å². The average Bonchev–Trinajstić information content (AvgIpc) is 2.80. The van der Waals surface area contributed by atoms with Crippen molar-refractivity contribution < 1.29 is 14.8 Å². The van der Waals surface area contributed by atoms with Crippen LogP contribution in [0.15, 0.2) is 34.4 Å². The standard InChI is InChI=1S/C13H15N3O4S/c1-3-20-12-6-10(4-5-11(12)16(18)19)21-13-14-7-9(8-17)15(13)2/h4-7,17H,3,8H2,1-2H3. The van der Waals surface area contributed by atoms with Crippen molar-refractivity contribution in [1.82, 2.24) is 9.55 Å². The van der Waals surface area contributed by atoms with Gasteiger partial charge < -0.3 is 14.4 Å². The largest absolute Gasteiger partial charge is 0.487 e. The second-order valence-electron chi connectivity index (χ2n) is 4.17. The molecule has 112 valence electrons. The summed E-state index contributed by atoms with van der Waals surface area (Å²) in [5.41, 5.74) is 0.640. The van der Waals surface area contributed by atoms with Crippen molar-refractivity contribution in [3.8, 4) is 5.75 Å². The maximum absolute atomic E-state index is 10.9. The number of benzene rings is 1. The topological polar surface area (TPSA) is 90.4 Å². The highest BCUT2D eigenvalue weighted by Crippen LogP contribution is 2.34. The summed E-state index contributed by atoms with van der Waals surface area (Å²) in [5.74, 6) is 0.240. The molecule has 2 rings (SSSR count). The van der Waals surface area contributed by atoms with E-state index in [0.717, 1.165) is 4.90 Å². The minimum Gasteiger partial charge on any atom is -0.487 e. The predicted molar refractivity (Wildman–Crippen MR) is 77.5 cm³/mol. The Morgan fingerprint density at radius 1 is 1.52 bits per heavy atom. The van der Waals surface area contributed by atoms with Crippen molar-refractivity contribution in [3.63, 3.8) is 0 Å². The Labute approximate surface area is 125 Å². The molecule has 0 aliphatic carbocycles. The van der Waals surface area contributed by atoms with Crippen LogP contribution in [-0.2, 0) is 13.7 Å². The number of nitro groups is 1. The van der Waals surface area contributed by atoms with Crippen LogP contribution in [0.1, 0.15) is 12.6 Å². The zero-order valence-electron chi connectivity index (χ0n) is 11.6. The predicted octanol–water partition coefficient (Wildman–Crippen LogP) is 2.37. The molecule has 0 saturated carbocycles. The number of nitro benzene ring substituents is 1. The van der Waals surface area contributed by atoms with Crippen molar-refractivity contribution in [2.45, 2.75) is 23.6 Å². The minimum absolute atomic E-state index is 0.0583. The summed E-state index contributed by atoms with van der Waals surface area (Å²) >= 11 is 1.35. The van der Waals surface area contributed by atoms with Gasteiger partial charge in [0.25, 0.3) is 0 Å². The number of aromatic nitrogens is 2. The van der Waals surface area contributed by atoms with Crippen LogP contribution in [0.2, 0.25) is 0 Å². The first kappa shape index (κ1) is 15.3. The van der Waals surface area contributed by atoms with Gasteiger partial charge in [0.15, 0.2) is 10.9 Å². The summed E-state index contributed by atoms with van der Waals surface area (Å²) < 4.78 is 7.08. The van der Waals surface area contributed by atoms with Gasteiger partial charge in [-0.1, -0.05) is 11.8 Å². The number of aliphatic hydroxyl groups is 1. The van der Waals surface area contributed by atoms with E-state index >= 15 is 0 Å². The van der Waals surface area contributed by atoms with Crippen LogP contribution in [-0.4, -0.2) is 26.2 Å². The van der Waals surface area contributed by atoms with E-state index < -0.39 is 4.92 Å². The summed E-state index contributed by atoms with van der Waals surface area (Å²) in [4.78, 5) is 15.5. The van der Waals surface area contributed by atoms with Gasteiger partial charge >= 0.3 is 5.69 Å². The minimum atomic E-state index is -0.468. The second-order valence-corrected chi connectivity index (χ2v) is 5.21. The lowest BCUT2D eigenvalue weighted by Crippen LogP contribution is -1.99. The average molecular weight is 309 g/mol. The fraction of sp³-hybridized carbons (Fsp3) is 0.308. The van der Waals surface area contributed by atoms with Gasteiger partial charge in [-0.25, -0.2) is 4.98 Å². The van der Waals surface area contributed by atoms with Gasteiger partial charge in [-0.15, -0.1) is 0 Å².